The molecule has 0 heterocycles. The Balaban J connectivity index is 2.11. The number of amides is 1. The number of aliphatic hydroxyl groups is 1. The molecule has 0 spiro atoms. The molecule has 0 saturated heterocycles. The second-order valence-electron chi connectivity index (χ2n) is 4.06. The van der Waals surface area contributed by atoms with Gasteiger partial charge in [-0.05, 0) is 18.6 Å². The summed E-state index contributed by atoms with van der Waals surface area (Å²) in [5.41, 5.74) is 0. The maximum atomic E-state index is 12.6. The van der Waals surface area contributed by atoms with E-state index in [1.807, 2.05) is 18.2 Å². The van der Waals surface area contributed by atoms with Crippen LogP contribution in [-0.4, -0.2) is 36.7 Å². The number of carbonyl (C=O) groups is 1. The molecule has 1 aromatic carbocycles. The highest BCUT2D eigenvalue weighted by molar-refractivity contribution is 5.75. The molecule has 1 aromatic rings. The first kappa shape index (κ1) is 15.4. The zero-order valence-electron chi connectivity index (χ0n) is 10.4. The Bertz CT molecular complexity index is 385. The maximum absolute atomic E-state index is 12.6. The molecule has 0 fully saturated rings. The molecule has 0 aliphatic heterocycles. The van der Waals surface area contributed by atoms with Crippen molar-refractivity contribution in [3.05, 3.63) is 30.3 Å². The first-order valence-electron chi connectivity index (χ1n) is 5.97. The SMILES string of the molecule is O=C(CCCOc1ccccc1)NCC(F)(F)CO. The van der Waals surface area contributed by atoms with Crippen molar-refractivity contribution < 1.29 is 23.4 Å². The van der Waals surface area contributed by atoms with Crippen molar-refractivity contribution in [2.45, 2.75) is 18.8 Å². The largest absolute Gasteiger partial charge is 0.494 e. The molecule has 0 unspecified atom stereocenters. The first-order chi connectivity index (χ1) is 9.03. The van der Waals surface area contributed by atoms with Gasteiger partial charge >= 0.3 is 0 Å². The first-order valence-corrected chi connectivity index (χ1v) is 5.97. The van der Waals surface area contributed by atoms with Gasteiger partial charge in [0.25, 0.3) is 5.92 Å². The molecule has 0 radical (unpaired) electrons. The van der Waals surface area contributed by atoms with E-state index in [9.17, 15) is 13.6 Å². The van der Waals surface area contributed by atoms with E-state index in [-0.39, 0.29) is 6.42 Å². The number of halogens is 2. The Labute approximate surface area is 110 Å². The van der Waals surface area contributed by atoms with Gasteiger partial charge in [0.2, 0.25) is 5.91 Å². The third kappa shape index (κ3) is 6.71. The summed E-state index contributed by atoms with van der Waals surface area (Å²) < 4.78 is 30.6. The van der Waals surface area contributed by atoms with E-state index in [0.29, 0.717) is 18.8 Å². The fourth-order valence-electron chi connectivity index (χ4n) is 1.31. The summed E-state index contributed by atoms with van der Waals surface area (Å²) in [4.78, 5) is 11.2. The topological polar surface area (TPSA) is 58.6 Å². The van der Waals surface area contributed by atoms with E-state index in [1.54, 1.807) is 12.1 Å². The van der Waals surface area contributed by atoms with Crippen molar-refractivity contribution in [1.29, 1.82) is 0 Å². The van der Waals surface area contributed by atoms with Crippen molar-refractivity contribution in [1.82, 2.24) is 5.32 Å². The maximum Gasteiger partial charge on any atom is 0.287 e. The number of hydrogen-bond donors (Lipinski definition) is 2. The van der Waals surface area contributed by atoms with E-state index in [4.69, 9.17) is 9.84 Å². The van der Waals surface area contributed by atoms with Crippen LogP contribution in [0.5, 0.6) is 5.75 Å². The molecular formula is C13H17F2NO3. The minimum Gasteiger partial charge on any atom is -0.494 e. The summed E-state index contributed by atoms with van der Waals surface area (Å²) in [6.07, 6.45) is 0.541. The van der Waals surface area contributed by atoms with Gasteiger partial charge in [-0.25, -0.2) is 8.78 Å². The Hall–Kier alpha value is -1.69. The van der Waals surface area contributed by atoms with E-state index >= 15 is 0 Å². The zero-order valence-corrected chi connectivity index (χ0v) is 10.4. The molecule has 0 aliphatic carbocycles. The zero-order chi connectivity index (χ0) is 14.1. The minimum atomic E-state index is -3.27. The quantitative estimate of drug-likeness (QED) is 0.707. The Morgan fingerprint density at radius 1 is 1.32 bits per heavy atom. The lowest BCUT2D eigenvalue weighted by atomic mass is 10.3. The number of benzene rings is 1. The fourth-order valence-corrected chi connectivity index (χ4v) is 1.31. The van der Waals surface area contributed by atoms with Gasteiger partial charge in [0.1, 0.15) is 12.4 Å². The number of aliphatic hydroxyl groups excluding tert-OH is 1. The van der Waals surface area contributed by atoms with Crippen LogP contribution in [0.25, 0.3) is 0 Å². The minimum absolute atomic E-state index is 0.105. The van der Waals surface area contributed by atoms with Crippen LogP contribution in [0.2, 0.25) is 0 Å². The lowest BCUT2D eigenvalue weighted by molar-refractivity contribution is -0.124. The third-order valence-corrected chi connectivity index (χ3v) is 2.34. The molecule has 1 rings (SSSR count). The molecule has 6 heteroatoms. The predicted molar refractivity (Wildman–Crippen MR) is 66.2 cm³/mol. The average molecular weight is 273 g/mol. The highest BCUT2D eigenvalue weighted by Crippen LogP contribution is 2.10. The summed E-state index contributed by atoms with van der Waals surface area (Å²) in [6.45, 7) is -1.78. The van der Waals surface area contributed by atoms with E-state index in [0.717, 1.165) is 0 Å². The van der Waals surface area contributed by atoms with E-state index < -0.39 is 25.0 Å². The lowest BCUT2D eigenvalue weighted by Gasteiger charge is -2.13. The molecule has 0 bridgehead atoms. The predicted octanol–water partition coefficient (Wildman–Crippen LogP) is 1.59. The number of carbonyl (C=O) groups excluding carboxylic acids is 1. The highest BCUT2D eigenvalue weighted by atomic mass is 19.3. The molecule has 0 aromatic heterocycles. The van der Waals surface area contributed by atoms with Gasteiger partial charge in [-0.1, -0.05) is 18.2 Å². The molecule has 0 aliphatic rings. The fraction of sp³-hybridized carbons (Fsp3) is 0.462. The Morgan fingerprint density at radius 2 is 2.00 bits per heavy atom. The third-order valence-electron chi connectivity index (χ3n) is 2.34. The van der Waals surface area contributed by atoms with Crippen molar-refractivity contribution in [3.63, 3.8) is 0 Å². The van der Waals surface area contributed by atoms with Crippen LogP contribution in [-0.2, 0) is 4.79 Å². The monoisotopic (exact) mass is 273 g/mol. The van der Waals surface area contributed by atoms with Crippen molar-refractivity contribution in [3.8, 4) is 5.75 Å². The molecule has 1 amide bonds. The van der Waals surface area contributed by atoms with E-state index in [2.05, 4.69) is 5.32 Å². The van der Waals surface area contributed by atoms with Gasteiger partial charge in [0, 0.05) is 6.42 Å². The van der Waals surface area contributed by atoms with Crippen LogP contribution in [0.15, 0.2) is 30.3 Å². The summed E-state index contributed by atoms with van der Waals surface area (Å²) >= 11 is 0. The number of para-hydroxylation sites is 1. The number of ether oxygens (including phenoxy) is 1. The van der Waals surface area contributed by atoms with Crippen LogP contribution in [0.4, 0.5) is 8.78 Å². The number of rotatable bonds is 8. The normalized spacial score (nSPS) is 11.1. The summed E-state index contributed by atoms with van der Waals surface area (Å²) in [7, 11) is 0. The van der Waals surface area contributed by atoms with E-state index in [1.165, 1.54) is 0 Å². The Kier molecular flexibility index (Phi) is 6.21. The standard InChI is InChI=1S/C13H17F2NO3/c14-13(15,10-17)9-16-12(18)7-4-8-19-11-5-2-1-3-6-11/h1-3,5-6,17H,4,7-10H2,(H,16,18). The van der Waals surface area contributed by atoms with Crippen LogP contribution in [0.1, 0.15) is 12.8 Å². The second-order valence-corrected chi connectivity index (χ2v) is 4.06. The molecule has 106 valence electrons. The molecule has 2 N–H and O–H groups in total. The smallest absolute Gasteiger partial charge is 0.287 e. The molecule has 0 atom stereocenters. The second kappa shape index (κ2) is 7.68. The van der Waals surface area contributed by atoms with Crippen molar-refractivity contribution >= 4 is 5.91 Å². The van der Waals surface area contributed by atoms with Gasteiger partial charge in [0.05, 0.1) is 13.2 Å². The van der Waals surface area contributed by atoms with Crippen LogP contribution < -0.4 is 10.1 Å². The number of alkyl halides is 2. The van der Waals surface area contributed by atoms with Gasteiger partial charge in [0.15, 0.2) is 0 Å². The van der Waals surface area contributed by atoms with Crippen LogP contribution in [0.3, 0.4) is 0 Å². The van der Waals surface area contributed by atoms with Gasteiger partial charge in [-0.2, -0.15) is 0 Å². The molecular weight excluding hydrogens is 256 g/mol. The highest BCUT2D eigenvalue weighted by Gasteiger charge is 2.27. The molecule has 4 nitrogen and oxygen atoms in total. The summed E-state index contributed by atoms with van der Waals surface area (Å²) in [5, 5.41) is 10.4. The van der Waals surface area contributed by atoms with Gasteiger partial charge in [-0.3, -0.25) is 4.79 Å². The number of hydrogen-bond acceptors (Lipinski definition) is 3. The average Bonchev–Trinajstić information content (AvgIpc) is 2.43. The summed E-state index contributed by atoms with van der Waals surface area (Å²) in [6, 6.07) is 9.11. The Morgan fingerprint density at radius 3 is 2.63 bits per heavy atom. The van der Waals surface area contributed by atoms with Gasteiger partial charge in [-0.15, -0.1) is 0 Å². The van der Waals surface area contributed by atoms with Crippen molar-refractivity contribution in [2.24, 2.45) is 0 Å². The summed E-state index contributed by atoms with van der Waals surface area (Å²) in [5.74, 6) is -3.05. The number of nitrogens with one attached hydrogen (secondary N) is 1. The van der Waals surface area contributed by atoms with Crippen LogP contribution >= 0.6 is 0 Å². The van der Waals surface area contributed by atoms with Crippen LogP contribution in [0, 0.1) is 0 Å². The van der Waals surface area contributed by atoms with Gasteiger partial charge < -0.3 is 15.2 Å². The molecule has 19 heavy (non-hydrogen) atoms. The lowest BCUT2D eigenvalue weighted by Crippen LogP contribution is -2.38. The molecule has 0 saturated carbocycles. The van der Waals surface area contributed by atoms with Crippen molar-refractivity contribution in [2.75, 3.05) is 19.8 Å².